The van der Waals surface area contributed by atoms with Crippen LogP contribution in [0.15, 0.2) is 24.3 Å². The molecular formula is C14H22N2O4S. The summed E-state index contributed by atoms with van der Waals surface area (Å²) in [5, 5.41) is 2.98. The van der Waals surface area contributed by atoms with Gasteiger partial charge in [-0.1, -0.05) is 12.1 Å². The third kappa shape index (κ3) is 5.45. The predicted octanol–water partition coefficient (Wildman–Crippen LogP) is 0.844. The van der Waals surface area contributed by atoms with Crippen LogP contribution in [-0.4, -0.2) is 53.0 Å². The van der Waals surface area contributed by atoms with E-state index in [0.717, 1.165) is 13.0 Å². The first-order valence-electron chi connectivity index (χ1n) is 6.66. The second-order valence-electron chi connectivity index (χ2n) is 4.72. The number of carbonyl (C=O) groups excluding carboxylic acids is 1. The lowest BCUT2D eigenvalue weighted by atomic mass is 10.1. The van der Waals surface area contributed by atoms with Crippen LogP contribution in [-0.2, 0) is 20.5 Å². The van der Waals surface area contributed by atoms with Gasteiger partial charge in [0.15, 0.2) is 0 Å². The molecule has 0 amide bonds. The first-order valence-corrected chi connectivity index (χ1v) is 8.27. The van der Waals surface area contributed by atoms with E-state index in [4.69, 9.17) is 0 Å². The molecule has 0 spiro atoms. The largest absolute Gasteiger partial charge is 0.465 e. The van der Waals surface area contributed by atoms with Gasteiger partial charge < -0.3 is 10.1 Å². The van der Waals surface area contributed by atoms with Crippen molar-refractivity contribution in [3.63, 3.8) is 0 Å². The number of carbonyl (C=O) groups is 1. The highest BCUT2D eigenvalue weighted by molar-refractivity contribution is 7.88. The monoisotopic (exact) mass is 314 g/mol. The van der Waals surface area contributed by atoms with Crippen LogP contribution in [0.3, 0.4) is 0 Å². The minimum absolute atomic E-state index is 0.0789. The lowest BCUT2D eigenvalue weighted by Crippen LogP contribution is -2.30. The number of benzene rings is 1. The Labute approximate surface area is 126 Å². The summed E-state index contributed by atoms with van der Waals surface area (Å²) in [5.41, 5.74) is 1.05. The summed E-state index contributed by atoms with van der Waals surface area (Å²) in [7, 11) is 1.37. The maximum Gasteiger partial charge on any atom is 0.337 e. The molecule has 0 heterocycles. The fourth-order valence-corrected chi connectivity index (χ4v) is 3.03. The molecule has 21 heavy (non-hydrogen) atoms. The summed E-state index contributed by atoms with van der Waals surface area (Å²) in [6, 6.07) is 6.39. The molecule has 0 aliphatic heterocycles. The van der Waals surface area contributed by atoms with Crippen LogP contribution in [0.25, 0.3) is 0 Å². The number of hydrogen-bond donors (Lipinski definition) is 1. The van der Waals surface area contributed by atoms with Gasteiger partial charge in [-0.25, -0.2) is 17.5 Å². The van der Waals surface area contributed by atoms with E-state index in [1.165, 1.54) is 11.4 Å². The molecule has 1 aromatic rings. The van der Waals surface area contributed by atoms with Crippen molar-refractivity contribution >= 4 is 16.0 Å². The quantitative estimate of drug-likeness (QED) is 0.568. The molecule has 6 nitrogen and oxygen atoms in total. The normalized spacial score (nSPS) is 11.6. The number of sulfonamides is 1. The van der Waals surface area contributed by atoms with Gasteiger partial charge in [0.1, 0.15) is 0 Å². The SMILES string of the molecule is CNCCCN(C)S(=O)(=O)Cc1ccc(C(=O)OC)cc1. The summed E-state index contributed by atoms with van der Waals surface area (Å²) in [5.74, 6) is -0.515. The van der Waals surface area contributed by atoms with Gasteiger partial charge in [0, 0.05) is 13.6 Å². The molecule has 1 N–H and O–H groups in total. The van der Waals surface area contributed by atoms with E-state index in [1.807, 2.05) is 7.05 Å². The second-order valence-corrected chi connectivity index (χ2v) is 6.80. The van der Waals surface area contributed by atoms with E-state index in [1.54, 1.807) is 31.3 Å². The van der Waals surface area contributed by atoms with E-state index >= 15 is 0 Å². The molecule has 7 heteroatoms. The number of rotatable bonds is 8. The van der Waals surface area contributed by atoms with Gasteiger partial charge in [-0.05, 0) is 37.7 Å². The molecule has 0 bridgehead atoms. The average molecular weight is 314 g/mol. The van der Waals surface area contributed by atoms with Crippen LogP contribution in [0.1, 0.15) is 22.3 Å². The van der Waals surface area contributed by atoms with Crippen molar-refractivity contribution in [3.8, 4) is 0 Å². The number of nitrogens with one attached hydrogen (secondary N) is 1. The molecule has 0 fully saturated rings. The number of methoxy groups -OCH3 is 1. The topological polar surface area (TPSA) is 75.7 Å². The Morgan fingerprint density at radius 3 is 2.43 bits per heavy atom. The molecular weight excluding hydrogens is 292 g/mol. The third-order valence-corrected chi connectivity index (χ3v) is 4.93. The van der Waals surface area contributed by atoms with Crippen LogP contribution in [0.4, 0.5) is 0 Å². The number of nitrogens with zero attached hydrogens (tertiary/aromatic N) is 1. The Balaban J connectivity index is 2.68. The molecule has 0 aliphatic carbocycles. The molecule has 1 rings (SSSR count). The van der Waals surface area contributed by atoms with Crippen molar-refractivity contribution in [2.45, 2.75) is 12.2 Å². The molecule has 118 valence electrons. The van der Waals surface area contributed by atoms with E-state index in [0.29, 0.717) is 17.7 Å². The third-order valence-electron chi connectivity index (χ3n) is 3.10. The Morgan fingerprint density at radius 2 is 1.90 bits per heavy atom. The van der Waals surface area contributed by atoms with Gasteiger partial charge >= 0.3 is 5.97 Å². The van der Waals surface area contributed by atoms with E-state index in [9.17, 15) is 13.2 Å². The van der Waals surface area contributed by atoms with Crippen molar-refractivity contribution in [1.29, 1.82) is 0 Å². The number of esters is 1. The molecule has 0 aliphatic rings. The van der Waals surface area contributed by atoms with Gasteiger partial charge in [-0.15, -0.1) is 0 Å². The summed E-state index contributed by atoms with van der Waals surface area (Å²) in [6.45, 7) is 1.25. The van der Waals surface area contributed by atoms with Crippen LogP contribution >= 0.6 is 0 Å². The Kier molecular flexibility index (Phi) is 6.80. The number of ether oxygens (including phenoxy) is 1. The highest BCUT2D eigenvalue weighted by atomic mass is 32.2. The number of hydrogen-bond acceptors (Lipinski definition) is 5. The molecule has 0 radical (unpaired) electrons. The molecule has 0 aromatic heterocycles. The van der Waals surface area contributed by atoms with Crippen molar-refractivity contribution in [2.24, 2.45) is 0 Å². The van der Waals surface area contributed by atoms with E-state index < -0.39 is 16.0 Å². The van der Waals surface area contributed by atoms with Crippen molar-refractivity contribution in [3.05, 3.63) is 35.4 Å². The van der Waals surface area contributed by atoms with Gasteiger partial charge in [0.05, 0.1) is 18.4 Å². The van der Waals surface area contributed by atoms with Crippen LogP contribution in [0, 0.1) is 0 Å². The van der Waals surface area contributed by atoms with Crippen LogP contribution < -0.4 is 5.32 Å². The fourth-order valence-electron chi connectivity index (χ4n) is 1.79. The van der Waals surface area contributed by atoms with E-state index in [-0.39, 0.29) is 5.75 Å². The molecule has 0 saturated carbocycles. The van der Waals surface area contributed by atoms with Crippen molar-refractivity contribution in [1.82, 2.24) is 9.62 Å². The standard InChI is InChI=1S/C14H22N2O4S/c1-15-9-4-10-16(2)21(18,19)11-12-5-7-13(8-6-12)14(17)20-3/h5-8,15H,4,9-11H2,1-3H3. The zero-order valence-corrected chi connectivity index (χ0v) is 13.4. The molecule has 1 aromatic carbocycles. The van der Waals surface area contributed by atoms with Gasteiger partial charge in [0.25, 0.3) is 0 Å². The van der Waals surface area contributed by atoms with Crippen molar-refractivity contribution in [2.75, 3.05) is 34.3 Å². The van der Waals surface area contributed by atoms with Crippen molar-refractivity contribution < 1.29 is 17.9 Å². The van der Waals surface area contributed by atoms with Gasteiger partial charge in [0.2, 0.25) is 10.0 Å². The minimum atomic E-state index is -3.34. The van der Waals surface area contributed by atoms with Crippen LogP contribution in [0.5, 0.6) is 0 Å². The van der Waals surface area contributed by atoms with Gasteiger partial charge in [-0.3, -0.25) is 0 Å². The first kappa shape index (κ1) is 17.6. The average Bonchev–Trinajstić information content (AvgIpc) is 2.47. The highest BCUT2D eigenvalue weighted by Crippen LogP contribution is 2.12. The van der Waals surface area contributed by atoms with Gasteiger partial charge in [-0.2, -0.15) is 0 Å². The molecule has 0 atom stereocenters. The Bertz CT molecular complexity index is 555. The highest BCUT2D eigenvalue weighted by Gasteiger charge is 2.18. The van der Waals surface area contributed by atoms with Crippen LogP contribution in [0.2, 0.25) is 0 Å². The summed E-state index contributed by atoms with van der Waals surface area (Å²) in [6.07, 6.45) is 0.757. The Hall–Kier alpha value is -1.44. The molecule has 0 unspecified atom stereocenters. The molecule has 0 saturated heterocycles. The smallest absolute Gasteiger partial charge is 0.337 e. The minimum Gasteiger partial charge on any atom is -0.465 e. The second kappa shape index (κ2) is 8.11. The summed E-state index contributed by atoms with van der Waals surface area (Å²) >= 11 is 0. The lowest BCUT2D eigenvalue weighted by molar-refractivity contribution is 0.0600. The maximum atomic E-state index is 12.2. The van der Waals surface area contributed by atoms with E-state index in [2.05, 4.69) is 10.1 Å². The summed E-state index contributed by atoms with van der Waals surface area (Å²) < 4.78 is 30.3. The fraction of sp³-hybridized carbons (Fsp3) is 0.500. The Morgan fingerprint density at radius 1 is 1.29 bits per heavy atom. The predicted molar refractivity (Wildman–Crippen MR) is 81.6 cm³/mol. The zero-order chi connectivity index (χ0) is 15.9. The summed E-state index contributed by atoms with van der Waals surface area (Å²) in [4.78, 5) is 11.3. The first-order chi connectivity index (χ1) is 9.90. The lowest BCUT2D eigenvalue weighted by Gasteiger charge is -2.17. The zero-order valence-electron chi connectivity index (χ0n) is 12.6. The maximum absolute atomic E-state index is 12.2.